The average molecular weight is 501 g/mol. The van der Waals surface area contributed by atoms with E-state index in [4.69, 9.17) is 4.74 Å². The van der Waals surface area contributed by atoms with E-state index in [1.165, 1.54) is 23.4 Å². The molecule has 2 aromatic rings. The number of ether oxygens (including phenoxy) is 1. The Labute approximate surface area is 207 Å². The van der Waals surface area contributed by atoms with Gasteiger partial charge in [-0.25, -0.2) is 8.42 Å². The summed E-state index contributed by atoms with van der Waals surface area (Å²) < 4.78 is 34.6. The van der Waals surface area contributed by atoms with Gasteiger partial charge < -0.3 is 19.8 Å². The summed E-state index contributed by atoms with van der Waals surface area (Å²) in [6.07, 6.45) is -1.37. The van der Waals surface area contributed by atoms with Crippen molar-refractivity contribution >= 4 is 15.9 Å². The lowest BCUT2D eigenvalue weighted by molar-refractivity contribution is 0.0563. The smallest absolute Gasteiger partial charge is 0.253 e. The molecule has 0 saturated carbocycles. The lowest BCUT2D eigenvalue weighted by atomic mass is 10.0. The first-order chi connectivity index (χ1) is 16.5. The molecule has 0 spiro atoms. The van der Waals surface area contributed by atoms with Gasteiger partial charge >= 0.3 is 0 Å². The van der Waals surface area contributed by atoms with Gasteiger partial charge in [0.25, 0.3) is 5.91 Å². The van der Waals surface area contributed by atoms with Crippen LogP contribution >= 0.6 is 0 Å². The summed E-state index contributed by atoms with van der Waals surface area (Å²) in [4.78, 5) is 14.5. The van der Waals surface area contributed by atoms with E-state index in [0.29, 0.717) is 11.1 Å². The highest BCUT2D eigenvalue weighted by molar-refractivity contribution is 7.89. The van der Waals surface area contributed by atoms with Crippen molar-refractivity contribution in [3.63, 3.8) is 0 Å². The predicted octanol–water partition coefficient (Wildman–Crippen LogP) is 1.96. The van der Waals surface area contributed by atoms with E-state index in [2.05, 4.69) is 11.8 Å². The molecule has 8 nitrogen and oxygen atoms in total. The second kappa shape index (κ2) is 11.2. The van der Waals surface area contributed by atoms with Gasteiger partial charge in [0, 0.05) is 36.7 Å². The maximum Gasteiger partial charge on any atom is 0.253 e. The van der Waals surface area contributed by atoms with Crippen molar-refractivity contribution in [3.8, 4) is 17.6 Å². The highest BCUT2D eigenvalue weighted by Crippen LogP contribution is 2.34. The van der Waals surface area contributed by atoms with Gasteiger partial charge in [0.15, 0.2) is 0 Å². The van der Waals surface area contributed by atoms with Crippen LogP contribution in [0.4, 0.5) is 0 Å². The van der Waals surface area contributed by atoms with Crippen LogP contribution in [-0.2, 0) is 10.0 Å². The second-order valence-corrected chi connectivity index (χ2v) is 10.8. The molecule has 0 aliphatic carbocycles. The molecule has 35 heavy (non-hydrogen) atoms. The summed E-state index contributed by atoms with van der Waals surface area (Å²) in [5.74, 6) is 5.11. The normalized spacial score (nSPS) is 21.2. The quantitative estimate of drug-likeness (QED) is 0.608. The van der Waals surface area contributed by atoms with Gasteiger partial charge in [0.05, 0.1) is 13.2 Å². The Balaban J connectivity index is 2.02. The minimum absolute atomic E-state index is 0.0330. The summed E-state index contributed by atoms with van der Waals surface area (Å²) in [5.41, 5.74) is 1.03. The molecule has 0 fully saturated rings. The zero-order valence-corrected chi connectivity index (χ0v) is 21.2. The first-order valence-electron chi connectivity index (χ1n) is 11.5. The van der Waals surface area contributed by atoms with Crippen LogP contribution in [0, 0.1) is 17.8 Å². The van der Waals surface area contributed by atoms with Crippen LogP contribution in [0.3, 0.4) is 0 Å². The number of fused-ring (bicyclic) bond motifs is 1. The molecule has 2 aromatic carbocycles. The Morgan fingerprint density at radius 2 is 1.91 bits per heavy atom. The molecule has 1 heterocycles. The van der Waals surface area contributed by atoms with Crippen molar-refractivity contribution in [2.75, 3.05) is 26.7 Å². The fourth-order valence-corrected chi connectivity index (χ4v) is 5.69. The number of likely N-dealkylation sites (N-methyl/N-ethyl adjacent to an activating group) is 1. The van der Waals surface area contributed by atoms with Gasteiger partial charge in [-0.1, -0.05) is 37.0 Å². The number of sulfonamides is 1. The van der Waals surface area contributed by atoms with Crippen LogP contribution in [0.2, 0.25) is 0 Å². The Morgan fingerprint density at radius 3 is 2.54 bits per heavy atom. The number of benzene rings is 2. The first-order valence-corrected chi connectivity index (χ1v) is 12.9. The van der Waals surface area contributed by atoms with Crippen LogP contribution in [0.1, 0.15) is 36.7 Å². The Morgan fingerprint density at radius 1 is 1.23 bits per heavy atom. The SMILES string of the molecule is C[C@@H]1CN([C@@H](C)CO)S(=O)(=O)c2ccc(C#C[C@@H](C)O)cc2O[C@H]1CN(C)C(=O)c1ccccc1. The van der Waals surface area contributed by atoms with Crippen molar-refractivity contribution in [1.29, 1.82) is 0 Å². The molecule has 3 rings (SSSR count). The minimum atomic E-state index is -3.98. The topological polar surface area (TPSA) is 107 Å². The second-order valence-electron chi connectivity index (χ2n) is 8.90. The van der Waals surface area contributed by atoms with E-state index >= 15 is 0 Å². The summed E-state index contributed by atoms with van der Waals surface area (Å²) >= 11 is 0. The molecular weight excluding hydrogens is 468 g/mol. The van der Waals surface area contributed by atoms with Gasteiger partial charge in [-0.05, 0) is 44.2 Å². The number of aliphatic hydroxyl groups is 2. The third-order valence-corrected chi connectivity index (χ3v) is 7.93. The highest BCUT2D eigenvalue weighted by Gasteiger charge is 2.38. The van der Waals surface area contributed by atoms with E-state index in [0.717, 1.165) is 0 Å². The number of nitrogens with zero attached hydrogens (tertiary/aromatic N) is 2. The number of aliphatic hydroxyl groups excluding tert-OH is 2. The number of hydrogen-bond donors (Lipinski definition) is 2. The van der Waals surface area contributed by atoms with Gasteiger partial charge in [0.1, 0.15) is 22.9 Å². The van der Waals surface area contributed by atoms with E-state index < -0.39 is 28.3 Å². The summed E-state index contributed by atoms with van der Waals surface area (Å²) in [6, 6.07) is 12.8. The number of amides is 1. The van der Waals surface area contributed by atoms with Crippen molar-refractivity contribution in [2.24, 2.45) is 5.92 Å². The number of carbonyl (C=O) groups excluding carboxylic acids is 1. The molecule has 9 heteroatoms. The van der Waals surface area contributed by atoms with E-state index in [1.54, 1.807) is 49.2 Å². The van der Waals surface area contributed by atoms with Gasteiger partial charge in [0.2, 0.25) is 10.0 Å². The molecule has 0 saturated heterocycles. The molecule has 1 aliphatic heterocycles. The summed E-state index contributed by atoms with van der Waals surface area (Å²) in [7, 11) is -2.29. The highest BCUT2D eigenvalue weighted by atomic mass is 32.2. The molecule has 0 radical (unpaired) electrons. The molecule has 1 amide bonds. The molecule has 0 aromatic heterocycles. The molecule has 188 valence electrons. The van der Waals surface area contributed by atoms with Crippen molar-refractivity contribution in [1.82, 2.24) is 9.21 Å². The van der Waals surface area contributed by atoms with Gasteiger partial charge in [-0.3, -0.25) is 4.79 Å². The minimum Gasteiger partial charge on any atom is -0.487 e. The maximum atomic E-state index is 13.5. The summed E-state index contributed by atoms with van der Waals surface area (Å²) in [5, 5.41) is 19.3. The predicted molar refractivity (Wildman–Crippen MR) is 132 cm³/mol. The summed E-state index contributed by atoms with van der Waals surface area (Å²) in [6.45, 7) is 5.05. The van der Waals surface area contributed by atoms with Crippen molar-refractivity contribution in [3.05, 3.63) is 59.7 Å². The van der Waals surface area contributed by atoms with Crippen LogP contribution in [-0.4, -0.2) is 78.7 Å². The van der Waals surface area contributed by atoms with Crippen LogP contribution in [0.25, 0.3) is 0 Å². The lowest BCUT2D eigenvalue weighted by Crippen LogP contribution is -2.50. The standard InChI is InChI=1S/C26H32N2O6S/c1-18-15-28(19(2)17-29)35(32,33)25-13-12-21(11-10-20(3)30)14-23(25)34-24(18)16-27(4)26(31)22-8-6-5-7-9-22/h5-9,12-14,18-20,24,29-30H,15-17H2,1-4H3/t18-,19+,20-,24+/m1/s1. The monoisotopic (exact) mass is 500 g/mol. The van der Waals surface area contributed by atoms with Crippen molar-refractivity contribution in [2.45, 2.75) is 43.9 Å². The van der Waals surface area contributed by atoms with Gasteiger partial charge in [-0.15, -0.1) is 0 Å². The largest absolute Gasteiger partial charge is 0.487 e. The average Bonchev–Trinajstić information content (AvgIpc) is 2.84. The molecule has 4 atom stereocenters. The first kappa shape index (κ1) is 26.7. The molecule has 0 bridgehead atoms. The third-order valence-electron chi connectivity index (χ3n) is 5.91. The van der Waals surface area contributed by atoms with Crippen LogP contribution in [0.15, 0.2) is 53.4 Å². The van der Waals surface area contributed by atoms with E-state index in [9.17, 15) is 23.4 Å². The molecule has 1 aliphatic rings. The molecule has 2 N–H and O–H groups in total. The van der Waals surface area contributed by atoms with E-state index in [1.807, 2.05) is 13.0 Å². The lowest BCUT2D eigenvalue weighted by Gasteiger charge is -2.37. The van der Waals surface area contributed by atoms with Gasteiger partial charge in [-0.2, -0.15) is 4.31 Å². The maximum absolute atomic E-state index is 13.5. The number of carbonyl (C=O) groups is 1. The van der Waals surface area contributed by atoms with Crippen molar-refractivity contribution < 1.29 is 28.2 Å². The number of hydrogen-bond acceptors (Lipinski definition) is 6. The Hall–Kier alpha value is -2.90. The fourth-order valence-electron chi connectivity index (χ4n) is 3.86. The van der Waals surface area contributed by atoms with Crippen LogP contribution < -0.4 is 4.74 Å². The number of rotatable bonds is 5. The third kappa shape index (κ3) is 6.21. The molecular formula is C26H32N2O6S. The Kier molecular flexibility index (Phi) is 8.56. The Bertz CT molecular complexity index is 1200. The van der Waals surface area contributed by atoms with Crippen LogP contribution in [0.5, 0.6) is 5.75 Å². The fraction of sp³-hybridized carbons (Fsp3) is 0.423. The zero-order valence-electron chi connectivity index (χ0n) is 20.4. The van der Waals surface area contributed by atoms with E-state index in [-0.39, 0.29) is 42.2 Å². The zero-order chi connectivity index (χ0) is 25.8. The molecule has 0 unspecified atom stereocenters.